The third-order valence-electron chi connectivity index (χ3n) is 1.83. The third-order valence-corrected chi connectivity index (χ3v) is 2.45. The molecule has 1 rings (SSSR count). The molecule has 0 fully saturated rings. The van der Waals surface area contributed by atoms with Crippen LogP contribution >= 0.6 is 15.9 Å². The van der Waals surface area contributed by atoms with Gasteiger partial charge in [0, 0.05) is 7.11 Å². The first-order valence-corrected chi connectivity index (χ1v) is 5.47. The Morgan fingerprint density at radius 1 is 1.47 bits per heavy atom. The molecule has 0 heterocycles. The quantitative estimate of drug-likeness (QED) is 0.602. The van der Waals surface area contributed by atoms with Crippen LogP contribution in [-0.2, 0) is 11.2 Å². The highest BCUT2D eigenvalue weighted by Gasteiger charge is 2.02. The Hall–Kier alpha value is -0.800. The van der Waals surface area contributed by atoms with Crippen LogP contribution in [0.4, 0.5) is 0 Å². The van der Waals surface area contributed by atoms with Gasteiger partial charge in [-0.2, -0.15) is 0 Å². The van der Waals surface area contributed by atoms with Gasteiger partial charge in [-0.25, -0.2) is 0 Å². The van der Waals surface area contributed by atoms with Gasteiger partial charge in [0.05, 0.1) is 4.47 Å². The standard InChI is InChI=1S/C12H15BrO2/c1-9(2)6-10-4-5-12(11(13)7-10)15-8-14-3/h4-5,7H,1,6,8H2,2-3H3. The van der Waals surface area contributed by atoms with Gasteiger partial charge < -0.3 is 9.47 Å². The predicted octanol–water partition coefficient (Wildman–Crippen LogP) is 3.55. The number of rotatable bonds is 5. The molecule has 3 heteroatoms. The normalized spacial score (nSPS) is 10.1. The number of hydrogen-bond donors (Lipinski definition) is 0. The van der Waals surface area contributed by atoms with E-state index in [1.54, 1.807) is 7.11 Å². The van der Waals surface area contributed by atoms with Crippen LogP contribution in [0.5, 0.6) is 5.75 Å². The van der Waals surface area contributed by atoms with Gasteiger partial charge >= 0.3 is 0 Å². The summed E-state index contributed by atoms with van der Waals surface area (Å²) in [6.45, 7) is 6.16. The molecule has 0 saturated heterocycles. The highest BCUT2D eigenvalue weighted by Crippen LogP contribution is 2.26. The monoisotopic (exact) mass is 270 g/mol. The van der Waals surface area contributed by atoms with Crippen LogP contribution in [0.25, 0.3) is 0 Å². The minimum Gasteiger partial charge on any atom is -0.466 e. The first kappa shape index (κ1) is 12.3. The van der Waals surface area contributed by atoms with Gasteiger partial charge in [0.2, 0.25) is 0 Å². The van der Waals surface area contributed by atoms with E-state index in [0.717, 1.165) is 22.2 Å². The van der Waals surface area contributed by atoms with E-state index in [2.05, 4.69) is 22.5 Å². The summed E-state index contributed by atoms with van der Waals surface area (Å²) in [7, 11) is 1.60. The van der Waals surface area contributed by atoms with E-state index < -0.39 is 0 Å². The number of methoxy groups -OCH3 is 1. The van der Waals surface area contributed by atoms with Gasteiger partial charge in [-0.3, -0.25) is 0 Å². The fourth-order valence-corrected chi connectivity index (χ4v) is 1.78. The Morgan fingerprint density at radius 2 is 2.20 bits per heavy atom. The van der Waals surface area contributed by atoms with Crippen molar-refractivity contribution in [3.05, 3.63) is 40.4 Å². The number of ether oxygens (including phenoxy) is 2. The Bertz CT molecular complexity index is 347. The zero-order chi connectivity index (χ0) is 11.3. The van der Waals surface area contributed by atoms with E-state index in [9.17, 15) is 0 Å². The topological polar surface area (TPSA) is 18.5 Å². The van der Waals surface area contributed by atoms with Crippen LogP contribution in [0.15, 0.2) is 34.8 Å². The van der Waals surface area contributed by atoms with Gasteiger partial charge in [-0.05, 0) is 47.0 Å². The van der Waals surface area contributed by atoms with E-state index in [1.165, 1.54) is 5.56 Å². The molecule has 2 nitrogen and oxygen atoms in total. The molecule has 0 radical (unpaired) electrons. The summed E-state index contributed by atoms with van der Waals surface area (Å²) < 4.78 is 11.1. The molecule has 15 heavy (non-hydrogen) atoms. The first-order chi connectivity index (χ1) is 7.13. The second kappa shape index (κ2) is 5.93. The van der Waals surface area contributed by atoms with E-state index in [1.807, 2.05) is 25.1 Å². The second-order valence-corrected chi connectivity index (χ2v) is 4.30. The molecule has 0 aliphatic carbocycles. The van der Waals surface area contributed by atoms with Crippen molar-refractivity contribution in [2.45, 2.75) is 13.3 Å². The van der Waals surface area contributed by atoms with Crippen molar-refractivity contribution >= 4 is 15.9 Å². The van der Waals surface area contributed by atoms with Crippen LogP contribution in [-0.4, -0.2) is 13.9 Å². The van der Waals surface area contributed by atoms with Crippen LogP contribution in [0.1, 0.15) is 12.5 Å². The molecule has 0 saturated carbocycles. The highest BCUT2D eigenvalue weighted by molar-refractivity contribution is 9.10. The van der Waals surface area contributed by atoms with E-state index >= 15 is 0 Å². The SMILES string of the molecule is C=C(C)Cc1ccc(OCOC)c(Br)c1. The fraction of sp³-hybridized carbons (Fsp3) is 0.333. The van der Waals surface area contributed by atoms with Crippen molar-refractivity contribution in [3.8, 4) is 5.75 Å². The molecule has 82 valence electrons. The summed E-state index contributed by atoms with van der Waals surface area (Å²) in [5, 5.41) is 0. The lowest BCUT2D eigenvalue weighted by atomic mass is 10.1. The molecule has 0 aliphatic heterocycles. The zero-order valence-electron chi connectivity index (χ0n) is 9.05. The number of halogens is 1. The number of allylic oxidation sites excluding steroid dienone is 1. The minimum atomic E-state index is 0.262. The maximum Gasteiger partial charge on any atom is 0.188 e. The molecule has 0 N–H and O–H groups in total. The van der Waals surface area contributed by atoms with Gasteiger partial charge in [0.15, 0.2) is 6.79 Å². The molecule has 0 spiro atoms. The van der Waals surface area contributed by atoms with Crippen LogP contribution in [0.2, 0.25) is 0 Å². The van der Waals surface area contributed by atoms with Crippen LogP contribution < -0.4 is 4.74 Å². The average molecular weight is 271 g/mol. The van der Waals surface area contributed by atoms with Crippen LogP contribution in [0.3, 0.4) is 0 Å². The largest absolute Gasteiger partial charge is 0.466 e. The average Bonchev–Trinajstić information content (AvgIpc) is 2.15. The summed E-state index contributed by atoms with van der Waals surface area (Å²) in [6, 6.07) is 6.01. The molecule has 0 unspecified atom stereocenters. The Labute approximate surface area is 99.0 Å². The zero-order valence-corrected chi connectivity index (χ0v) is 10.6. The summed E-state index contributed by atoms with van der Waals surface area (Å²) in [6.07, 6.45) is 0.892. The van der Waals surface area contributed by atoms with Crippen molar-refractivity contribution in [3.63, 3.8) is 0 Å². The van der Waals surface area contributed by atoms with Gasteiger partial charge in [-0.1, -0.05) is 18.2 Å². The van der Waals surface area contributed by atoms with Gasteiger partial charge in [0.25, 0.3) is 0 Å². The molecule has 0 bridgehead atoms. The number of hydrogen-bond acceptors (Lipinski definition) is 2. The molecule has 1 aromatic carbocycles. The third kappa shape index (κ3) is 4.06. The fourth-order valence-electron chi connectivity index (χ4n) is 1.24. The summed E-state index contributed by atoms with van der Waals surface area (Å²) in [5.74, 6) is 0.794. The smallest absolute Gasteiger partial charge is 0.188 e. The maximum absolute atomic E-state index is 5.35. The lowest BCUT2D eigenvalue weighted by Crippen LogP contribution is -1.99. The Balaban J connectivity index is 2.74. The Morgan fingerprint density at radius 3 is 2.73 bits per heavy atom. The lowest BCUT2D eigenvalue weighted by molar-refractivity contribution is 0.0506. The molecule has 0 aromatic heterocycles. The van der Waals surface area contributed by atoms with Gasteiger partial charge in [0.1, 0.15) is 5.75 Å². The summed E-state index contributed by atoms with van der Waals surface area (Å²) in [5.41, 5.74) is 2.37. The molecule has 0 amide bonds. The van der Waals surface area contributed by atoms with E-state index in [4.69, 9.17) is 9.47 Å². The molecular formula is C12H15BrO2. The summed E-state index contributed by atoms with van der Waals surface area (Å²) >= 11 is 3.46. The molecule has 0 aliphatic rings. The second-order valence-electron chi connectivity index (χ2n) is 3.45. The van der Waals surface area contributed by atoms with Crippen molar-refractivity contribution < 1.29 is 9.47 Å². The van der Waals surface area contributed by atoms with Crippen molar-refractivity contribution in [2.24, 2.45) is 0 Å². The van der Waals surface area contributed by atoms with Crippen molar-refractivity contribution in [1.82, 2.24) is 0 Å². The number of benzene rings is 1. The van der Waals surface area contributed by atoms with Gasteiger partial charge in [-0.15, -0.1) is 0 Å². The lowest BCUT2D eigenvalue weighted by Gasteiger charge is -2.08. The van der Waals surface area contributed by atoms with Crippen molar-refractivity contribution in [1.29, 1.82) is 0 Å². The van der Waals surface area contributed by atoms with Crippen molar-refractivity contribution in [2.75, 3.05) is 13.9 Å². The molecule has 0 atom stereocenters. The minimum absolute atomic E-state index is 0.262. The first-order valence-electron chi connectivity index (χ1n) is 4.68. The summed E-state index contributed by atoms with van der Waals surface area (Å²) in [4.78, 5) is 0. The van der Waals surface area contributed by atoms with E-state index in [-0.39, 0.29) is 6.79 Å². The maximum atomic E-state index is 5.35. The molecule has 1 aromatic rings. The Kier molecular flexibility index (Phi) is 4.85. The predicted molar refractivity (Wildman–Crippen MR) is 65.2 cm³/mol. The highest BCUT2D eigenvalue weighted by atomic mass is 79.9. The molecular weight excluding hydrogens is 256 g/mol. The van der Waals surface area contributed by atoms with Crippen LogP contribution in [0, 0.1) is 0 Å². The van der Waals surface area contributed by atoms with E-state index in [0.29, 0.717) is 0 Å².